The quantitative estimate of drug-likeness (QED) is 0.863. The van der Waals surface area contributed by atoms with Gasteiger partial charge in [-0.1, -0.05) is 29.3 Å². The first kappa shape index (κ1) is 15.8. The molecule has 3 rings (SSSR count). The number of aryl methyl sites for hydroxylation is 1. The van der Waals surface area contributed by atoms with Crippen LogP contribution in [0.4, 0.5) is 11.4 Å². The highest BCUT2D eigenvalue weighted by Crippen LogP contribution is 2.25. The lowest BCUT2D eigenvalue weighted by molar-refractivity contribution is -0.114. The third kappa shape index (κ3) is 3.46. The van der Waals surface area contributed by atoms with Crippen LogP contribution in [0.5, 0.6) is 0 Å². The molecule has 2 aromatic carbocycles. The molecule has 1 aliphatic rings. The van der Waals surface area contributed by atoms with Crippen molar-refractivity contribution in [3.63, 3.8) is 0 Å². The summed E-state index contributed by atoms with van der Waals surface area (Å²) in [7, 11) is -1.36. The van der Waals surface area contributed by atoms with Gasteiger partial charge in [-0.15, -0.1) is 0 Å². The zero-order valence-corrected chi connectivity index (χ0v) is 14.0. The Kier molecular flexibility index (Phi) is 4.50. The Balaban J connectivity index is 1.79. The number of hydrogen-bond acceptors (Lipinski definition) is 3. The van der Waals surface area contributed by atoms with Crippen molar-refractivity contribution in [3.8, 4) is 0 Å². The molecule has 4 nitrogen and oxygen atoms in total. The number of halogens is 1. The van der Waals surface area contributed by atoms with E-state index in [1.807, 2.05) is 31.2 Å². The molecular formula is C17H15ClN2O2S. The molecule has 1 aliphatic heterocycles. The van der Waals surface area contributed by atoms with Crippen LogP contribution in [0.25, 0.3) is 0 Å². The fraction of sp³-hybridized carbons (Fsp3) is 0.118. The molecule has 6 heteroatoms. The highest BCUT2D eigenvalue weighted by molar-refractivity contribution is 7.90. The molecule has 118 valence electrons. The van der Waals surface area contributed by atoms with Gasteiger partial charge in [0.15, 0.2) is 0 Å². The fourth-order valence-corrected chi connectivity index (χ4v) is 3.48. The SMILES string of the molecule is Cc1ccc(N2CS(=O)C(=CNc3ccc(Cl)cc3)C2=O)cc1. The van der Waals surface area contributed by atoms with Crippen molar-refractivity contribution in [2.75, 3.05) is 16.1 Å². The second-order valence-corrected chi connectivity index (χ2v) is 7.03. The molecule has 0 aliphatic carbocycles. The summed E-state index contributed by atoms with van der Waals surface area (Å²) in [6.45, 7) is 1.98. The third-order valence-corrected chi connectivity index (χ3v) is 5.04. The van der Waals surface area contributed by atoms with Crippen molar-refractivity contribution in [2.24, 2.45) is 0 Å². The molecule has 0 bridgehead atoms. The zero-order chi connectivity index (χ0) is 16.4. The van der Waals surface area contributed by atoms with Gasteiger partial charge in [0.05, 0.1) is 10.8 Å². The number of carbonyl (C=O) groups is 1. The number of hydrogen-bond donors (Lipinski definition) is 1. The van der Waals surface area contributed by atoms with Gasteiger partial charge in [0.2, 0.25) is 0 Å². The summed E-state index contributed by atoms with van der Waals surface area (Å²) >= 11 is 5.83. The predicted molar refractivity (Wildman–Crippen MR) is 94.8 cm³/mol. The van der Waals surface area contributed by atoms with E-state index in [1.54, 1.807) is 24.3 Å². The summed E-state index contributed by atoms with van der Waals surface area (Å²) < 4.78 is 12.2. The van der Waals surface area contributed by atoms with E-state index < -0.39 is 10.8 Å². The minimum atomic E-state index is -1.36. The molecular weight excluding hydrogens is 332 g/mol. The van der Waals surface area contributed by atoms with E-state index in [1.165, 1.54) is 11.1 Å². The summed E-state index contributed by atoms with van der Waals surface area (Å²) in [5.74, 6) is -0.0654. The molecule has 1 heterocycles. The van der Waals surface area contributed by atoms with Crippen molar-refractivity contribution < 1.29 is 9.00 Å². The summed E-state index contributed by atoms with van der Waals surface area (Å²) in [5.41, 5.74) is 2.64. The Hall–Kier alpha value is -2.11. The standard InChI is InChI=1S/C17H15ClN2O2S/c1-12-2-8-15(9-3-12)20-11-23(22)16(17(20)21)10-19-14-6-4-13(18)5-7-14/h2-10,19H,11H2,1H3. The van der Waals surface area contributed by atoms with Gasteiger partial charge in [0.1, 0.15) is 10.8 Å². The molecule has 0 spiro atoms. The first-order chi connectivity index (χ1) is 11.0. The molecule has 1 amide bonds. The largest absolute Gasteiger partial charge is 0.360 e. The van der Waals surface area contributed by atoms with Crippen LogP contribution < -0.4 is 10.2 Å². The van der Waals surface area contributed by atoms with Gasteiger partial charge in [0.25, 0.3) is 5.91 Å². The molecule has 1 N–H and O–H groups in total. The van der Waals surface area contributed by atoms with Gasteiger partial charge < -0.3 is 5.32 Å². The van der Waals surface area contributed by atoms with Crippen molar-refractivity contribution in [1.29, 1.82) is 0 Å². The number of nitrogens with zero attached hydrogens (tertiary/aromatic N) is 1. The molecule has 23 heavy (non-hydrogen) atoms. The lowest BCUT2D eigenvalue weighted by Crippen LogP contribution is -2.24. The Morgan fingerprint density at radius 1 is 1.13 bits per heavy atom. The number of anilines is 2. The maximum absolute atomic E-state index is 12.5. The van der Waals surface area contributed by atoms with Crippen molar-refractivity contribution in [1.82, 2.24) is 0 Å². The average molecular weight is 347 g/mol. The highest BCUT2D eigenvalue weighted by Gasteiger charge is 2.33. The summed E-state index contributed by atoms with van der Waals surface area (Å²) in [6.07, 6.45) is 1.51. The highest BCUT2D eigenvalue weighted by atomic mass is 35.5. The van der Waals surface area contributed by atoms with Crippen LogP contribution in [0.15, 0.2) is 59.6 Å². The Labute approximate surface area is 142 Å². The lowest BCUT2D eigenvalue weighted by Gasteiger charge is -2.13. The predicted octanol–water partition coefficient (Wildman–Crippen LogP) is 3.65. The van der Waals surface area contributed by atoms with Crippen molar-refractivity contribution in [3.05, 3.63) is 70.2 Å². The fourth-order valence-electron chi connectivity index (χ4n) is 2.21. The van der Waals surface area contributed by atoms with Gasteiger partial charge in [-0.25, -0.2) is 0 Å². The Bertz CT molecular complexity index is 785. The average Bonchev–Trinajstić information content (AvgIpc) is 2.82. The Morgan fingerprint density at radius 2 is 1.78 bits per heavy atom. The van der Waals surface area contributed by atoms with E-state index >= 15 is 0 Å². The number of benzene rings is 2. The van der Waals surface area contributed by atoms with Gasteiger partial charge in [0, 0.05) is 22.6 Å². The van der Waals surface area contributed by atoms with Crippen molar-refractivity contribution in [2.45, 2.75) is 6.92 Å². The molecule has 1 atom stereocenters. The summed E-state index contributed by atoms with van der Waals surface area (Å²) in [4.78, 5) is 14.3. The van der Waals surface area contributed by atoms with Crippen molar-refractivity contribution >= 4 is 39.7 Å². The number of rotatable bonds is 3. The van der Waals surface area contributed by atoms with Gasteiger partial charge in [-0.2, -0.15) is 0 Å². The van der Waals surface area contributed by atoms with Crippen LogP contribution in [-0.2, 0) is 15.6 Å². The smallest absolute Gasteiger partial charge is 0.269 e. The minimum Gasteiger partial charge on any atom is -0.360 e. The Morgan fingerprint density at radius 3 is 2.43 bits per heavy atom. The topological polar surface area (TPSA) is 49.4 Å². The molecule has 0 radical (unpaired) electrons. The van der Waals surface area contributed by atoms with Gasteiger partial charge in [-0.3, -0.25) is 13.9 Å². The zero-order valence-electron chi connectivity index (χ0n) is 12.5. The van der Waals surface area contributed by atoms with E-state index in [0.29, 0.717) is 5.02 Å². The van der Waals surface area contributed by atoms with E-state index in [4.69, 9.17) is 11.6 Å². The maximum atomic E-state index is 12.5. The first-order valence-corrected chi connectivity index (χ1v) is 8.73. The van der Waals surface area contributed by atoms with E-state index in [2.05, 4.69) is 5.32 Å². The minimum absolute atomic E-state index is 0.177. The molecule has 1 fully saturated rings. The van der Waals surface area contributed by atoms with E-state index in [0.717, 1.165) is 16.9 Å². The molecule has 2 aromatic rings. The van der Waals surface area contributed by atoms with Crippen LogP contribution in [0.1, 0.15) is 5.56 Å². The van der Waals surface area contributed by atoms with Crippen LogP contribution in [0.3, 0.4) is 0 Å². The molecule has 0 aromatic heterocycles. The first-order valence-electron chi connectivity index (χ1n) is 7.04. The van der Waals surface area contributed by atoms with Gasteiger partial charge >= 0.3 is 0 Å². The third-order valence-electron chi connectivity index (χ3n) is 3.51. The van der Waals surface area contributed by atoms with Crippen LogP contribution >= 0.6 is 11.6 Å². The van der Waals surface area contributed by atoms with Crippen LogP contribution in [0.2, 0.25) is 5.02 Å². The van der Waals surface area contributed by atoms with E-state index in [9.17, 15) is 9.00 Å². The van der Waals surface area contributed by atoms with Crippen LogP contribution in [-0.4, -0.2) is 16.0 Å². The van der Waals surface area contributed by atoms with E-state index in [-0.39, 0.29) is 16.7 Å². The maximum Gasteiger partial charge on any atom is 0.269 e. The second kappa shape index (κ2) is 6.56. The normalized spacial score (nSPS) is 19.4. The number of nitrogens with one attached hydrogen (secondary N) is 1. The molecule has 1 saturated heterocycles. The second-order valence-electron chi connectivity index (χ2n) is 5.20. The number of amides is 1. The molecule has 1 unspecified atom stereocenters. The van der Waals surface area contributed by atoms with Gasteiger partial charge in [-0.05, 0) is 43.3 Å². The van der Waals surface area contributed by atoms with Crippen LogP contribution in [0, 0.1) is 6.92 Å². The molecule has 0 saturated carbocycles. The monoisotopic (exact) mass is 346 g/mol. The number of carbonyl (C=O) groups excluding carboxylic acids is 1. The summed E-state index contributed by atoms with van der Waals surface area (Å²) in [6, 6.07) is 14.7. The summed E-state index contributed by atoms with van der Waals surface area (Å²) in [5, 5.41) is 3.63. The lowest BCUT2D eigenvalue weighted by atomic mass is 10.2.